The van der Waals surface area contributed by atoms with Crippen LogP contribution in [0.25, 0.3) is 10.9 Å². The minimum atomic E-state index is 0.568. The zero-order chi connectivity index (χ0) is 12.5. The third-order valence-corrected chi connectivity index (χ3v) is 4.59. The van der Waals surface area contributed by atoms with Crippen molar-refractivity contribution in [2.45, 2.75) is 31.8 Å². The first kappa shape index (κ1) is 11.9. The smallest absolute Gasteiger partial charge is 0.117 e. The number of anilines is 1. The second kappa shape index (κ2) is 4.86. The van der Waals surface area contributed by atoms with E-state index in [0.717, 1.165) is 18.1 Å². The first-order valence-electron chi connectivity index (χ1n) is 6.56. The number of fused-ring (bicyclic) bond motifs is 1. The summed E-state index contributed by atoms with van der Waals surface area (Å²) in [5.41, 5.74) is 1.09. The van der Waals surface area contributed by atoms with Gasteiger partial charge in [-0.1, -0.05) is 12.1 Å². The molecule has 1 fully saturated rings. The van der Waals surface area contributed by atoms with E-state index in [9.17, 15) is 0 Å². The average Bonchev–Trinajstić information content (AvgIpc) is 3.16. The molecule has 1 aliphatic carbocycles. The predicted molar refractivity (Wildman–Crippen MR) is 78.4 cm³/mol. The van der Waals surface area contributed by atoms with Gasteiger partial charge < -0.3 is 5.32 Å². The second-order valence-electron chi connectivity index (χ2n) is 5.16. The summed E-state index contributed by atoms with van der Waals surface area (Å²) in [5, 5.41) is 5.98. The maximum absolute atomic E-state index is 4.45. The first-order chi connectivity index (χ1) is 8.75. The molecule has 3 rings (SSSR count). The molecule has 1 aromatic heterocycles. The maximum Gasteiger partial charge on any atom is 0.117 e. The number of nitrogens with one attached hydrogen (secondary N) is 1. The van der Waals surface area contributed by atoms with Crippen LogP contribution in [0, 0.1) is 0 Å². The van der Waals surface area contributed by atoms with E-state index in [2.05, 4.69) is 46.8 Å². The lowest BCUT2D eigenvalue weighted by Gasteiger charge is -2.24. The normalized spacial score (nSPS) is 17.3. The molecule has 1 aliphatic rings. The van der Waals surface area contributed by atoms with Gasteiger partial charge in [0.2, 0.25) is 0 Å². The summed E-state index contributed by atoms with van der Waals surface area (Å²) in [6.07, 6.45) is 2.73. The molecule has 2 aromatic rings. The molecule has 18 heavy (non-hydrogen) atoms. The molecule has 1 aromatic carbocycles. The van der Waals surface area contributed by atoms with Gasteiger partial charge in [-0.25, -0.2) is 0 Å². The van der Waals surface area contributed by atoms with Crippen molar-refractivity contribution in [2.24, 2.45) is 0 Å². The second-order valence-corrected chi connectivity index (χ2v) is 5.93. The summed E-state index contributed by atoms with van der Waals surface area (Å²) in [5.74, 6) is 0. The topological polar surface area (TPSA) is 28.2 Å². The van der Waals surface area contributed by atoms with Gasteiger partial charge in [0, 0.05) is 24.0 Å². The highest BCUT2D eigenvalue weighted by Crippen LogP contribution is 2.29. The van der Waals surface area contributed by atoms with E-state index in [1.165, 1.54) is 23.2 Å². The van der Waals surface area contributed by atoms with Crippen molar-refractivity contribution in [2.75, 3.05) is 18.9 Å². The number of likely N-dealkylation sites (N-methyl/N-ethyl adjacent to an activating group) is 1. The Hall–Kier alpha value is -1.13. The Morgan fingerprint density at radius 1 is 1.44 bits per heavy atom. The summed E-state index contributed by atoms with van der Waals surface area (Å²) >= 11 is 1.56. The first-order valence-corrected chi connectivity index (χ1v) is 7.33. The summed E-state index contributed by atoms with van der Waals surface area (Å²) in [6, 6.07) is 9.70. The fraction of sp³-hybridized carbons (Fsp3) is 0.500. The molecule has 1 N–H and O–H groups in total. The Morgan fingerprint density at radius 2 is 2.22 bits per heavy atom. The minimum absolute atomic E-state index is 0.568. The highest BCUT2D eigenvalue weighted by atomic mass is 32.1. The molecule has 1 heterocycles. The van der Waals surface area contributed by atoms with Crippen LogP contribution in [-0.2, 0) is 0 Å². The molecule has 1 saturated carbocycles. The summed E-state index contributed by atoms with van der Waals surface area (Å²) in [4.78, 5) is 2.48. The van der Waals surface area contributed by atoms with Crippen molar-refractivity contribution < 1.29 is 0 Å². The van der Waals surface area contributed by atoms with E-state index in [4.69, 9.17) is 0 Å². The monoisotopic (exact) mass is 261 g/mol. The highest BCUT2D eigenvalue weighted by Gasteiger charge is 2.28. The molecule has 4 heteroatoms. The lowest BCUT2D eigenvalue weighted by Crippen LogP contribution is -2.36. The van der Waals surface area contributed by atoms with Crippen LogP contribution in [0.4, 0.5) is 5.00 Å². The molecule has 3 nitrogen and oxygen atoms in total. The van der Waals surface area contributed by atoms with E-state index in [0.29, 0.717) is 6.04 Å². The average molecular weight is 261 g/mol. The SMILES string of the molecule is CC(CNc1snc2ccccc12)N(C)C1CC1. The van der Waals surface area contributed by atoms with Gasteiger partial charge in [0.1, 0.15) is 5.00 Å². The van der Waals surface area contributed by atoms with Gasteiger partial charge in [-0.3, -0.25) is 4.90 Å². The number of hydrogen-bond acceptors (Lipinski definition) is 4. The van der Waals surface area contributed by atoms with Crippen LogP contribution >= 0.6 is 11.5 Å². The van der Waals surface area contributed by atoms with Crippen LogP contribution in [0.15, 0.2) is 24.3 Å². The summed E-state index contributed by atoms with van der Waals surface area (Å²) < 4.78 is 4.45. The largest absolute Gasteiger partial charge is 0.374 e. The molecule has 0 aliphatic heterocycles. The standard InChI is InChI=1S/C14H19N3S/c1-10(17(2)11-7-8-11)9-15-14-12-5-3-4-6-13(12)16-18-14/h3-6,10-11,15H,7-9H2,1-2H3. The lowest BCUT2D eigenvalue weighted by atomic mass is 10.2. The number of hydrogen-bond donors (Lipinski definition) is 1. The highest BCUT2D eigenvalue weighted by molar-refractivity contribution is 7.11. The van der Waals surface area contributed by atoms with Crippen molar-refractivity contribution in [3.8, 4) is 0 Å². The van der Waals surface area contributed by atoms with Crippen LogP contribution in [-0.4, -0.2) is 34.9 Å². The molecule has 1 unspecified atom stereocenters. The van der Waals surface area contributed by atoms with Crippen LogP contribution in [0.2, 0.25) is 0 Å². The Labute approximate surface area is 112 Å². The number of nitrogens with zero attached hydrogens (tertiary/aromatic N) is 2. The molecule has 0 saturated heterocycles. The molecular weight excluding hydrogens is 242 g/mol. The van der Waals surface area contributed by atoms with Crippen molar-refractivity contribution in [1.82, 2.24) is 9.27 Å². The van der Waals surface area contributed by atoms with Gasteiger partial charge in [-0.15, -0.1) is 0 Å². The van der Waals surface area contributed by atoms with Crippen molar-refractivity contribution in [3.05, 3.63) is 24.3 Å². The zero-order valence-electron chi connectivity index (χ0n) is 10.9. The molecule has 1 atom stereocenters. The van der Waals surface area contributed by atoms with Crippen LogP contribution < -0.4 is 5.32 Å². The molecule has 96 valence electrons. The van der Waals surface area contributed by atoms with Crippen LogP contribution in [0.1, 0.15) is 19.8 Å². The van der Waals surface area contributed by atoms with E-state index >= 15 is 0 Å². The maximum atomic E-state index is 4.45. The number of benzene rings is 1. The Morgan fingerprint density at radius 3 is 3.00 bits per heavy atom. The van der Waals surface area contributed by atoms with Gasteiger partial charge in [0.05, 0.1) is 5.52 Å². The van der Waals surface area contributed by atoms with E-state index in [1.807, 2.05) is 6.07 Å². The Bertz CT molecular complexity index is 533. The van der Waals surface area contributed by atoms with Gasteiger partial charge in [0.15, 0.2) is 0 Å². The van der Waals surface area contributed by atoms with Gasteiger partial charge in [-0.05, 0) is 50.5 Å². The van der Waals surface area contributed by atoms with E-state index < -0.39 is 0 Å². The molecule has 0 bridgehead atoms. The van der Waals surface area contributed by atoms with Gasteiger partial charge in [-0.2, -0.15) is 4.37 Å². The quantitative estimate of drug-likeness (QED) is 0.896. The fourth-order valence-electron chi connectivity index (χ4n) is 2.24. The zero-order valence-corrected chi connectivity index (χ0v) is 11.7. The lowest BCUT2D eigenvalue weighted by molar-refractivity contribution is 0.257. The summed E-state index contributed by atoms with van der Waals surface area (Å²) in [6.45, 7) is 3.27. The van der Waals surface area contributed by atoms with Gasteiger partial charge in [0.25, 0.3) is 0 Å². The van der Waals surface area contributed by atoms with Gasteiger partial charge >= 0.3 is 0 Å². The van der Waals surface area contributed by atoms with Crippen molar-refractivity contribution in [3.63, 3.8) is 0 Å². The van der Waals surface area contributed by atoms with Crippen LogP contribution in [0.5, 0.6) is 0 Å². The molecule has 0 amide bonds. The Balaban J connectivity index is 1.65. The number of rotatable bonds is 5. The van der Waals surface area contributed by atoms with Crippen molar-refractivity contribution >= 4 is 27.4 Å². The fourth-order valence-corrected chi connectivity index (χ4v) is 3.01. The summed E-state index contributed by atoms with van der Waals surface area (Å²) in [7, 11) is 2.23. The number of aromatic nitrogens is 1. The molecular formula is C14H19N3S. The predicted octanol–water partition coefficient (Wildman–Crippen LogP) is 3.19. The van der Waals surface area contributed by atoms with E-state index in [-0.39, 0.29) is 0 Å². The van der Waals surface area contributed by atoms with Crippen LogP contribution in [0.3, 0.4) is 0 Å². The third kappa shape index (κ3) is 2.35. The van der Waals surface area contributed by atoms with E-state index in [1.54, 1.807) is 11.5 Å². The molecule has 0 radical (unpaired) electrons. The van der Waals surface area contributed by atoms with Crippen molar-refractivity contribution in [1.29, 1.82) is 0 Å². The Kier molecular flexibility index (Phi) is 3.22. The molecule has 0 spiro atoms. The minimum Gasteiger partial charge on any atom is -0.374 e. The third-order valence-electron chi connectivity index (χ3n) is 3.76.